The fraction of sp³-hybridized carbons (Fsp3) is 0.833. The molecule has 0 radical (unpaired) electrons. The molecule has 0 amide bonds. The van der Waals surface area contributed by atoms with Gasteiger partial charge >= 0.3 is 5.97 Å². The molecule has 1 aliphatic carbocycles. The Morgan fingerprint density at radius 1 is 1.50 bits per heavy atom. The molecule has 0 saturated heterocycles. The number of rotatable bonds is 1. The summed E-state index contributed by atoms with van der Waals surface area (Å²) in [4.78, 5) is 10.3. The Morgan fingerprint density at radius 3 is 2.30 bits per heavy atom. The number of nitrogens with two attached hydrogens (primary N) is 1. The van der Waals surface area contributed by atoms with E-state index in [4.69, 9.17) is 15.9 Å². The van der Waals surface area contributed by atoms with Crippen molar-refractivity contribution < 1.29 is 15.0 Å². The van der Waals surface area contributed by atoms with Crippen molar-refractivity contribution >= 4 is 5.97 Å². The van der Waals surface area contributed by atoms with Crippen LogP contribution in [0.15, 0.2) is 0 Å². The van der Waals surface area contributed by atoms with Crippen LogP contribution in [0.2, 0.25) is 0 Å². The Labute approximate surface area is 58.6 Å². The summed E-state index contributed by atoms with van der Waals surface area (Å²) in [7, 11) is 0. The van der Waals surface area contributed by atoms with Gasteiger partial charge in [-0.2, -0.15) is 0 Å². The first-order chi connectivity index (χ1) is 4.61. The van der Waals surface area contributed by atoms with Crippen molar-refractivity contribution in [3.05, 3.63) is 0 Å². The smallest absolute Gasteiger partial charge is 0.306 e. The Hall–Kier alpha value is -0.610. The average Bonchev–Trinajstić information content (AvgIpc) is 2.13. The molecule has 1 aliphatic rings. The van der Waals surface area contributed by atoms with Crippen LogP contribution in [0, 0.1) is 5.92 Å². The van der Waals surface area contributed by atoms with Crippen molar-refractivity contribution in [2.75, 3.05) is 0 Å². The van der Waals surface area contributed by atoms with E-state index < -0.39 is 18.0 Å². The molecule has 0 aromatic rings. The first-order valence-electron chi connectivity index (χ1n) is 3.27. The molecule has 0 heterocycles. The number of carbonyl (C=O) groups is 1. The number of aliphatic carboxylic acids is 1. The number of aliphatic hydroxyl groups excluding tert-OH is 1. The van der Waals surface area contributed by atoms with Crippen LogP contribution in [0.4, 0.5) is 0 Å². The second-order valence-corrected chi connectivity index (χ2v) is 2.74. The molecule has 1 rings (SSSR count). The summed E-state index contributed by atoms with van der Waals surface area (Å²) in [6, 6.07) is -0.346. The minimum absolute atomic E-state index is 0.302. The molecular weight excluding hydrogens is 134 g/mol. The van der Waals surface area contributed by atoms with Crippen molar-refractivity contribution in [3.63, 3.8) is 0 Å². The number of carboxylic acid groups (broad SMARTS) is 1. The van der Waals surface area contributed by atoms with E-state index in [1.54, 1.807) is 0 Å². The van der Waals surface area contributed by atoms with E-state index in [-0.39, 0.29) is 6.04 Å². The average molecular weight is 145 g/mol. The van der Waals surface area contributed by atoms with Crippen molar-refractivity contribution in [2.45, 2.75) is 25.0 Å². The molecular formula is C6H11NO3. The fourth-order valence-corrected chi connectivity index (χ4v) is 1.25. The second kappa shape index (κ2) is 2.56. The molecule has 0 aliphatic heterocycles. The van der Waals surface area contributed by atoms with Crippen LogP contribution in [0.1, 0.15) is 12.8 Å². The van der Waals surface area contributed by atoms with Gasteiger partial charge in [0, 0.05) is 6.04 Å². The molecule has 58 valence electrons. The molecule has 0 spiro atoms. The normalized spacial score (nSPS) is 40.0. The highest BCUT2D eigenvalue weighted by Crippen LogP contribution is 2.24. The van der Waals surface area contributed by atoms with Gasteiger partial charge in [0.2, 0.25) is 0 Å². The van der Waals surface area contributed by atoms with Gasteiger partial charge in [0.25, 0.3) is 0 Å². The third-order valence-corrected chi connectivity index (χ3v) is 1.93. The minimum Gasteiger partial charge on any atom is -0.481 e. The largest absolute Gasteiger partial charge is 0.481 e. The lowest BCUT2D eigenvalue weighted by molar-refractivity contribution is -0.141. The summed E-state index contributed by atoms with van der Waals surface area (Å²) < 4.78 is 0. The SMILES string of the molecule is N[C@H]1C[C@@H](C(=O)O)C[C@H]1O. The van der Waals surface area contributed by atoms with E-state index in [0.717, 1.165) is 0 Å². The van der Waals surface area contributed by atoms with Crippen LogP contribution in [0.3, 0.4) is 0 Å². The van der Waals surface area contributed by atoms with Gasteiger partial charge in [0.15, 0.2) is 0 Å². The van der Waals surface area contributed by atoms with Crippen LogP contribution >= 0.6 is 0 Å². The number of hydrogen-bond donors (Lipinski definition) is 3. The molecule has 0 aromatic carbocycles. The van der Waals surface area contributed by atoms with Gasteiger partial charge in [-0.05, 0) is 12.8 Å². The van der Waals surface area contributed by atoms with E-state index in [1.807, 2.05) is 0 Å². The first kappa shape index (κ1) is 7.50. The Kier molecular flexibility index (Phi) is 1.92. The molecule has 0 aromatic heterocycles. The van der Waals surface area contributed by atoms with Gasteiger partial charge in [0.1, 0.15) is 0 Å². The predicted molar refractivity (Wildman–Crippen MR) is 34.3 cm³/mol. The summed E-state index contributed by atoms with van der Waals surface area (Å²) >= 11 is 0. The number of aliphatic hydroxyl groups is 1. The van der Waals surface area contributed by atoms with E-state index in [0.29, 0.717) is 12.8 Å². The van der Waals surface area contributed by atoms with E-state index in [1.165, 1.54) is 0 Å². The van der Waals surface area contributed by atoms with Crippen molar-refractivity contribution in [2.24, 2.45) is 11.7 Å². The van der Waals surface area contributed by atoms with Gasteiger partial charge < -0.3 is 15.9 Å². The predicted octanol–water partition coefficient (Wildman–Crippen LogP) is -0.831. The second-order valence-electron chi connectivity index (χ2n) is 2.74. The third-order valence-electron chi connectivity index (χ3n) is 1.93. The van der Waals surface area contributed by atoms with Crippen LogP contribution in [-0.2, 0) is 4.79 Å². The lowest BCUT2D eigenvalue weighted by atomic mass is 10.1. The zero-order chi connectivity index (χ0) is 7.72. The lowest BCUT2D eigenvalue weighted by Gasteiger charge is -2.04. The molecule has 4 N–H and O–H groups in total. The van der Waals surface area contributed by atoms with Crippen molar-refractivity contribution in [1.29, 1.82) is 0 Å². The molecule has 4 heteroatoms. The summed E-state index contributed by atoms with van der Waals surface area (Å²) in [5.74, 6) is -1.29. The van der Waals surface area contributed by atoms with Crippen LogP contribution in [0.25, 0.3) is 0 Å². The standard InChI is InChI=1S/C6H11NO3/c7-4-1-3(6(9)10)2-5(4)8/h3-5,8H,1-2,7H2,(H,9,10)/t3-,4+,5-/m1/s1. The van der Waals surface area contributed by atoms with Crippen molar-refractivity contribution in [1.82, 2.24) is 0 Å². The van der Waals surface area contributed by atoms with Crippen LogP contribution in [0.5, 0.6) is 0 Å². The summed E-state index contributed by atoms with van der Waals surface area (Å²) in [5.41, 5.74) is 5.39. The molecule has 4 nitrogen and oxygen atoms in total. The van der Waals surface area contributed by atoms with Gasteiger partial charge in [0.05, 0.1) is 12.0 Å². The monoisotopic (exact) mass is 145 g/mol. The third kappa shape index (κ3) is 1.27. The zero-order valence-electron chi connectivity index (χ0n) is 5.53. The summed E-state index contributed by atoms with van der Waals surface area (Å²) in [6.45, 7) is 0. The molecule has 0 unspecified atom stereocenters. The van der Waals surface area contributed by atoms with E-state index in [2.05, 4.69) is 0 Å². The van der Waals surface area contributed by atoms with E-state index >= 15 is 0 Å². The summed E-state index contributed by atoms with van der Waals surface area (Å²) in [5, 5.41) is 17.5. The maximum atomic E-state index is 10.3. The van der Waals surface area contributed by atoms with Gasteiger partial charge in [-0.1, -0.05) is 0 Å². The molecule has 1 saturated carbocycles. The van der Waals surface area contributed by atoms with Gasteiger partial charge in [-0.15, -0.1) is 0 Å². The quantitative estimate of drug-likeness (QED) is 0.449. The van der Waals surface area contributed by atoms with Crippen molar-refractivity contribution in [3.8, 4) is 0 Å². The van der Waals surface area contributed by atoms with E-state index in [9.17, 15) is 4.79 Å². The number of hydrogen-bond acceptors (Lipinski definition) is 3. The highest BCUT2D eigenvalue weighted by Gasteiger charge is 2.34. The van der Waals surface area contributed by atoms with Crippen LogP contribution in [-0.4, -0.2) is 28.3 Å². The molecule has 10 heavy (non-hydrogen) atoms. The summed E-state index contributed by atoms with van der Waals surface area (Å²) in [6.07, 6.45) is 0.0774. The lowest BCUT2D eigenvalue weighted by Crippen LogP contribution is -2.28. The topological polar surface area (TPSA) is 83.6 Å². The molecule has 3 atom stereocenters. The maximum Gasteiger partial charge on any atom is 0.306 e. The molecule has 0 bridgehead atoms. The fourth-order valence-electron chi connectivity index (χ4n) is 1.25. The Balaban J connectivity index is 2.49. The minimum atomic E-state index is -0.855. The highest BCUT2D eigenvalue weighted by atomic mass is 16.4. The number of carboxylic acids is 1. The van der Waals surface area contributed by atoms with Gasteiger partial charge in [-0.25, -0.2) is 0 Å². The van der Waals surface area contributed by atoms with Gasteiger partial charge in [-0.3, -0.25) is 4.79 Å². The first-order valence-corrected chi connectivity index (χ1v) is 3.27. The zero-order valence-corrected chi connectivity index (χ0v) is 5.53. The highest BCUT2D eigenvalue weighted by molar-refractivity contribution is 5.70. The Bertz CT molecular complexity index is 138. The van der Waals surface area contributed by atoms with Crippen LogP contribution < -0.4 is 5.73 Å². The molecule has 1 fully saturated rings. The maximum absolute atomic E-state index is 10.3. The Morgan fingerprint density at radius 2 is 2.10 bits per heavy atom.